The van der Waals surface area contributed by atoms with Crippen molar-refractivity contribution in [1.29, 1.82) is 0 Å². The van der Waals surface area contributed by atoms with Crippen LogP contribution in [-0.2, 0) is 14.9 Å². The SMILES string of the molecule is CS(=O)(=O)[O-].Nc1nc[n+]([C@@H]2O[C@H](CO)C(O)[C@@H]2O)c(=O)[nH]1. The maximum Gasteiger partial charge on any atom is 0.446 e. The van der Waals surface area contributed by atoms with Gasteiger partial charge in [0.25, 0.3) is 0 Å². The van der Waals surface area contributed by atoms with Crippen LogP contribution in [0, 0.1) is 0 Å². The molecule has 1 aromatic rings. The number of nitrogens with two attached hydrogens (primary N) is 1. The predicted molar refractivity (Wildman–Crippen MR) is 68.1 cm³/mol. The molecule has 0 radical (unpaired) electrons. The van der Waals surface area contributed by atoms with Crippen molar-refractivity contribution in [1.82, 2.24) is 9.97 Å². The van der Waals surface area contributed by atoms with Crippen LogP contribution >= 0.6 is 0 Å². The van der Waals surface area contributed by atoms with Gasteiger partial charge in [0.15, 0.2) is 0 Å². The molecule has 126 valence electrons. The second-order valence-electron chi connectivity index (χ2n) is 4.40. The summed E-state index contributed by atoms with van der Waals surface area (Å²) in [5.74, 6) is -0.0713. The van der Waals surface area contributed by atoms with Crippen molar-refractivity contribution in [2.75, 3.05) is 18.6 Å². The molecule has 0 bridgehead atoms. The number of aliphatic hydroxyl groups is 3. The molecular weight excluding hydrogens is 324 g/mol. The first-order chi connectivity index (χ1) is 10.0. The van der Waals surface area contributed by atoms with E-state index in [1.54, 1.807) is 0 Å². The number of hydrogen-bond donors (Lipinski definition) is 5. The van der Waals surface area contributed by atoms with Crippen molar-refractivity contribution in [3.8, 4) is 0 Å². The second-order valence-corrected chi connectivity index (χ2v) is 5.81. The highest BCUT2D eigenvalue weighted by atomic mass is 32.2. The predicted octanol–water partition coefficient (Wildman–Crippen LogP) is -4.59. The van der Waals surface area contributed by atoms with Gasteiger partial charge in [-0.25, -0.2) is 13.2 Å². The standard InChI is InChI=1S/C8H12N4O5.CH4O3S/c9-7-10-2-12(8(16)11-7)6-5(15)4(14)3(1-13)17-6;1-5(2,3)4/h2-6,13-15H,1H2,(H2,9,11,16);1H3,(H,2,3,4)/t3-,4?,5+,6-;/m1./s1. The summed E-state index contributed by atoms with van der Waals surface area (Å²) in [4.78, 5) is 17.4. The Morgan fingerprint density at radius 1 is 1.50 bits per heavy atom. The second kappa shape index (κ2) is 7.08. The summed E-state index contributed by atoms with van der Waals surface area (Å²) in [6.45, 7) is -0.463. The zero-order valence-electron chi connectivity index (χ0n) is 11.4. The van der Waals surface area contributed by atoms with Gasteiger partial charge in [-0.2, -0.15) is 9.55 Å². The smallest absolute Gasteiger partial charge is 0.446 e. The summed E-state index contributed by atoms with van der Waals surface area (Å²) < 4.78 is 33.3. The van der Waals surface area contributed by atoms with E-state index in [2.05, 4.69) is 9.97 Å². The number of aromatic amines is 1. The largest absolute Gasteiger partial charge is 0.748 e. The van der Waals surface area contributed by atoms with Crippen LogP contribution in [0.4, 0.5) is 5.95 Å². The summed E-state index contributed by atoms with van der Waals surface area (Å²) in [7, 11) is -3.92. The number of nitrogens with one attached hydrogen (secondary N) is 1. The van der Waals surface area contributed by atoms with E-state index in [0.717, 1.165) is 10.9 Å². The lowest BCUT2D eigenvalue weighted by Crippen LogP contribution is -2.58. The van der Waals surface area contributed by atoms with Crippen LogP contribution in [-0.4, -0.2) is 69.4 Å². The van der Waals surface area contributed by atoms with Gasteiger partial charge in [0.1, 0.15) is 18.3 Å². The van der Waals surface area contributed by atoms with Crippen molar-refractivity contribution >= 4 is 16.1 Å². The highest BCUT2D eigenvalue weighted by molar-refractivity contribution is 7.84. The first kappa shape index (κ1) is 18.4. The number of nitrogen functional groups attached to an aromatic ring is 1. The zero-order chi connectivity index (χ0) is 17.1. The lowest BCUT2D eigenvalue weighted by atomic mass is 10.1. The van der Waals surface area contributed by atoms with Gasteiger partial charge in [0.05, 0.1) is 16.7 Å². The van der Waals surface area contributed by atoms with Crippen molar-refractivity contribution < 1.29 is 37.6 Å². The van der Waals surface area contributed by atoms with E-state index in [0.29, 0.717) is 6.26 Å². The van der Waals surface area contributed by atoms with Gasteiger partial charge in [-0.3, -0.25) is 0 Å². The summed E-state index contributed by atoms with van der Waals surface area (Å²) in [5.41, 5.74) is 4.64. The molecule has 13 heteroatoms. The van der Waals surface area contributed by atoms with Crippen LogP contribution in [0.3, 0.4) is 0 Å². The van der Waals surface area contributed by atoms with E-state index >= 15 is 0 Å². The number of H-pyrrole nitrogens is 1. The van der Waals surface area contributed by atoms with Crippen molar-refractivity contribution in [2.24, 2.45) is 0 Å². The molecule has 2 rings (SSSR count). The molecule has 0 aromatic carbocycles. The van der Waals surface area contributed by atoms with Crippen LogP contribution in [0.5, 0.6) is 0 Å². The van der Waals surface area contributed by atoms with Crippen LogP contribution in [0.2, 0.25) is 0 Å². The summed E-state index contributed by atoms with van der Waals surface area (Å²) in [5, 5.41) is 28.1. The van der Waals surface area contributed by atoms with E-state index in [1.807, 2.05) is 0 Å². The maximum atomic E-state index is 11.5. The number of ether oxygens (including phenoxy) is 1. The molecule has 0 spiro atoms. The normalized spacial score (nSPS) is 28.0. The number of hydrogen-bond acceptors (Lipinski definition) is 10. The minimum Gasteiger partial charge on any atom is -0.748 e. The first-order valence-corrected chi connectivity index (χ1v) is 7.65. The molecule has 22 heavy (non-hydrogen) atoms. The average Bonchev–Trinajstić information content (AvgIpc) is 2.64. The molecule has 0 saturated carbocycles. The number of anilines is 1. The summed E-state index contributed by atoms with van der Waals surface area (Å²) in [6.07, 6.45) is -2.96. The average molecular weight is 340 g/mol. The molecule has 1 unspecified atom stereocenters. The molecule has 1 fully saturated rings. The Kier molecular flexibility index (Phi) is 5.92. The number of aliphatic hydroxyl groups excluding tert-OH is 3. The Morgan fingerprint density at radius 3 is 2.45 bits per heavy atom. The number of nitrogens with zero attached hydrogens (tertiary/aromatic N) is 2. The third-order valence-corrected chi connectivity index (χ3v) is 2.58. The lowest BCUT2D eigenvalue weighted by Gasteiger charge is -2.11. The minimum atomic E-state index is -3.92. The molecule has 1 aliphatic rings. The molecular formula is C9H16N4O8S. The van der Waals surface area contributed by atoms with Gasteiger partial charge in [-0.15, -0.1) is 0 Å². The molecule has 6 N–H and O–H groups in total. The van der Waals surface area contributed by atoms with E-state index in [4.69, 9.17) is 28.5 Å². The number of aromatic nitrogens is 3. The zero-order valence-corrected chi connectivity index (χ0v) is 12.2. The Labute approximate surface area is 124 Å². The number of rotatable bonds is 2. The molecule has 1 aromatic heterocycles. The molecule has 2 heterocycles. The van der Waals surface area contributed by atoms with E-state index in [-0.39, 0.29) is 5.95 Å². The lowest BCUT2D eigenvalue weighted by molar-refractivity contribution is -0.782. The van der Waals surface area contributed by atoms with Gasteiger partial charge >= 0.3 is 11.6 Å². The fourth-order valence-electron chi connectivity index (χ4n) is 1.67. The van der Waals surface area contributed by atoms with E-state index < -0.39 is 47.0 Å². The van der Waals surface area contributed by atoms with Gasteiger partial charge in [0.2, 0.25) is 12.6 Å². The van der Waals surface area contributed by atoms with Crippen molar-refractivity contribution in [3.63, 3.8) is 0 Å². The van der Waals surface area contributed by atoms with E-state index in [9.17, 15) is 15.0 Å². The van der Waals surface area contributed by atoms with Gasteiger partial charge in [0, 0.05) is 6.26 Å². The molecule has 12 nitrogen and oxygen atoms in total. The van der Waals surface area contributed by atoms with Crippen LogP contribution in [0.1, 0.15) is 6.23 Å². The van der Waals surface area contributed by atoms with Crippen LogP contribution in [0.15, 0.2) is 11.1 Å². The summed E-state index contributed by atoms with van der Waals surface area (Å²) in [6, 6.07) is 0. The van der Waals surface area contributed by atoms with Crippen LogP contribution < -0.4 is 16.0 Å². The topological polar surface area (TPSA) is 203 Å². The quantitative estimate of drug-likeness (QED) is 0.257. The maximum absolute atomic E-state index is 11.5. The minimum absolute atomic E-state index is 0.0713. The summed E-state index contributed by atoms with van der Waals surface area (Å²) >= 11 is 0. The third kappa shape index (κ3) is 4.97. The molecule has 0 aliphatic carbocycles. The Balaban J connectivity index is 0.000000422. The monoisotopic (exact) mass is 340 g/mol. The van der Waals surface area contributed by atoms with Crippen molar-refractivity contribution in [2.45, 2.75) is 24.5 Å². The molecule has 1 saturated heterocycles. The van der Waals surface area contributed by atoms with Gasteiger partial charge in [-0.1, -0.05) is 4.98 Å². The third-order valence-electron chi connectivity index (χ3n) is 2.58. The molecule has 0 amide bonds. The molecule has 4 atom stereocenters. The Hall–Kier alpha value is -1.64. The molecule has 1 aliphatic heterocycles. The van der Waals surface area contributed by atoms with Crippen molar-refractivity contribution in [3.05, 3.63) is 16.8 Å². The Bertz CT molecular complexity index is 654. The van der Waals surface area contributed by atoms with E-state index in [1.165, 1.54) is 0 Å². The highest BCUT2D eigenvalue weighted by Crippen LogP contribution is 2.24. The van der Waals surface area contributed by atoms with Crippen LogP contribution in [0.25, 0.3) is 0 Å². The highest BCUT2D eigenvalue weighted by Gasteiger charge is 2.46. The first-order valence-electron chi connectivity index (χ1n) is 5.84. The van der Waals surface area contributed by atoms with Gasteiger partial charge in [-0.05, 0) is 0 Å². The fourth-order valence-corrected chi connectivity index (χ4v) is 1.67. The fraction of sp³-hybridized carbons (Fsp3) is 0.667. The Morgan fingerprint density at radius 2 is 2.05 bits per heavy atom. The van der Waals surface area contributed by atoms with Gasteiger partial charge < -0.3 is 30.3 Å².